The van der Waals surface area contributed by atoms with Gasteiger partial charge in [-0.25, -0.2) is 4.79 Å². The van der Waals surface area contributed by atoms with Crippen LogP contribution in [-0.2, 0) is 10.8 Å². The highest BCUT2D eigenvalue weighted by molar-refractivity contribution is 7.86. The van der Waals surface area contributed by atoms with Gasteiger partial charge in [0.1, 0.15) is 0 Å². The molecule has 1 N–H and O–H groups in total. The minimum absolute atomic E-state index is 0.0187. The van der Waals surface area contributed by atoms with Gasteiger partial charge in [0.2, 0.25) is 0 Å². The normalized spacial score (nSPS) is 25.4. The highest BCUT2D eigenvalue weighted by atomic mass is 32.2. The van der Waals surface area contributed by atoms with Crippen molar-refractivity contribution in [3.63, 3.8) is 0 Å². The topological polar surface area (TPSA) is 102 Å². The number of benzene rings is 1. The van der Waals surface area contributed by atoms with Crippen molar-refractivity contribution in [1.29, 1.82) is 0 Å². The Labute approximate surface area is 135 Å². The van der Waals surface area contributed by atoms with Gasteiger partial charge in [0.15, 0.2) is 5.75 Å². The molecular weight excluding hydrogens is 322 g/mol. The molecule has 0 aliphatic carbocycles. The summed E-state index contributed by atoms with van der Waals surface area (Å²) in [5.74, 6) is 0.655. The number of urea groups is 1. The molecule has 0 aromatic heterocycles. The maximum atomic E-state index is 12.3. The molecule has 2 aliphatic heterocycles. The van der Waals surface area contributed by atoms with Gasteiger partial charge < -0.3 is 15.0 Å². The molecule has 2 bridgehead atoms. The van der Waals surface area contributed by atoms with Crippen molar-refractivity contribution in [3.05, 3.63) is 28.3 Å². The number of carbonyl (C=O) groups excluding carboxylic acids is 1. The van der Waals surface area contributed by atoms with Crippen molar-refractivity contribution in [1.82, 2.24) is 4.90 Å². The quantitative estimate of drug-likeness (QED) is 0.665. The Bertz CT molecular complexity index is 680. The van der Waals surface area contributed by atoms with E-state index in [1.54, 1.807) is 11.8 Å². The van der Waals surface area contributed by atoms with Crippen LogP contribution in [0.25, 0.3) is 0 Å². The Kier molecular flexibility index (Phi) is 4.20. The van der Waals surface area contributed by atoms with Crippen molar-refractivity contribution in [2.75, 3.05) is 24.2 Å². The number of carbonyl (C=O) groups is 1. The molecule has 3 atom stereocenters. The van der Waals surface area contributed by atoms with Gasteiger partial charge in [-0.2, -0.15) is 0 Å². The molecule has 23 heavy (non-hydrogen) atoms. The Balaban J connectivity index is 1.73. The number of fused-ring (bicyclic) bond motifs is 2. The summed E-state index contributed by atoms with van der Waals surface area (Å²) < 4.78 is 16.9. The van der Waals surface area contributed by atoms with E-state index >= 15 is 0 Å². The van der Waals surface area contributed by atoms with Gasteiger partial charge in [0.25, 0.3) is 0 Å². The largest absolute Gasteiger partial charge is 0.487 e. The molecule has 0 radical (unpaired) electrons. The van der Waals surface area contributed by atoms with E-state index in [0.29, 0.717) is 24.6 Å². The molecule has 9 heteroatoms. The molecule has 1 aromatic rings. The first-order valence-electron chi connectivity index (χ1n) is 7.35. The molecule has 2 amide bonds. The Hall–Kier alpha value is -2.16. The molecular formula is C14H17N3O5S. The lowest BCUT2D eigenvalue weighted by molar-refractivity contribution is -0.385. The number of amides is 2. The SMILES string of the molecule is CCOc1cc(NC(=O)N2C[C@@H]3C[C@H]2CS3=O)ccc1[N+](=O)[O-]. The lowest BCUT2D eigenvalue weighted by atomic mass is 10.2. The molecule has 1 aromatic carbocycles. The van der Waals surface area contributed by atoms with Crippen molar-refractivity contribution >= 4 is 28.2 Å². The number of ether oxygens (including phenoxy) is 1. The number of nitro benzene ring substituents is 1. The second-order valence-corrected chi connectivity index (χ2v) is 7.28. The molecule has 0 saturated carbocycles. The fourth-order valence-corrected chi connectivity index (χ4v) is 4.74. The molecule has 8 nitrogen and oxygen atoms in total. The highest BCUT2D eigenvalue weighted by Gasteiger charge is 2.45. The van der Waals surface area contributed by atoms with Crippen LogP contribution in [0.15, 0.2) is 18.2 Å². The zero-order valence-electron chi connectivity index (χ0n) is 12.6. The van der Waals surface area contributed by atoms with Crippen LogP contribution in [0.1, 0.15) is 13.3 Å². The molecule has 0 spiro atoms. The first kappa shape index (κ1) is 15.7. The summed E-state index contributed by atoms with van der Waals surface area (Å²) in [6.45, 7) is 2.52. The van der Waals surface area contributed by atoms with Crippen molar-refractivity contribution < 1.29 is 18.7 Å². The van der Waals surface area contributed by atoms with E-state index in [-0.39, 0.29) is 28.8 Å². The minimum Gasteiger partial charge on any atom is -0.487 e. The maximum absolute atomic E-state index is 12.3. The molecule has 124 valence electrons. The highest BCUT2D eigenvalue weighted by Crippen LogP contribution is 2.33. The first-order chi connectivity index (χ1) is 11.0. The Morgan fingerprint density at radius 1 is 1.57 bits per heavy atom. The molecule has 2 aliphatic rings. The fraction of sp³-hybridized carbons (Fsp3) is 0.500. The van der Waals surface area contributed by atoms with E-state index in [1.807, 2.05) is 0 Å². The zero-order chi connectivity index (χ0) is 16.6. The second kappa shape index (κ2) is 6.15. The summed E-state index contributed by atoms with van der Waals surface area (Å²) >= 11 is 0. The standard InChI is InChI=1S/C14H17N3O5S/c1-2-22-13-5-9(3-4-12(13)17(19)20)15-14(18)16-7-11-6-10(16)8-23(11)21/h3-5,10-11H,2,6-8H2,1H3,(H,15,18)/t10-,11-,23?/m0/s1. The van der Waals surface area contributed by atoms with Crippen LogP contribution in [0, 0.1) is 10.1 Å². The van der Waals surface area contributed by atoms with Gasteiger partial charge in [0, 0.05) is 47.0 Å². The van der Waals surface area contributed by atoms with Crippen LogP contribution in [0.2, 0.25) is 0 Å². The van der Waals surface area contributed by atoms with Gasteiger partial charge >= 0.3 is 11.7 Å². The van der Waals surface area contributed by atoms with Gasteiger partial charge in [-0.05, 0) is 19.4 Å². The number of hydrogen-bond donors (Lipinski definition) is 1. The van der Waals surface area contributed by atoms with Crippen LogP contribution in [0.3, 0.4) is 0 Å². The third-order valence-corrected chi connectivity index (χ3v) is 5.87. The van der Waals surface area contributed by atoms with E-state index in [0.717, 1.165) is 6.42 Å². The van der Waals surface area contributed by atoms with Crippen LogP contribution in [-0.4, -0.2) is 50.3 Å². The van der Waals surface area contributed by atoms with E-state index in [9.17, 15) is 19.1 Å². The lowest BCUT2D eigenvalue weighted by Crippen LogP contribution is -2.44. The number of hydrogen-bond acceptors (Lipinski definition) is 5. The molecule has 2 saturated heterocycles. The zero-order valence-corrected chi connectivity index (χ0v) is 13.4. The molecule has 2 heterocycles. The predicted octanol–water partition coefficient (Wildman–Crippen LogP) is 1.73. The van der Waals surface area contributed by atoms with Crippen molar-refractivity contribution in [2.24, 2.45) is 0 Å². The summed E-state index contributed by atoms with van der Waals surface area (Å²) in [6, 6.07) is 3.98. The monoisotopic (exact) mass is 339 g/mol. The number of likely N-dealkylation sites (tertiary alicyclic amines) is 1. The number of nitrogens with one attached hydrogen (secondary N) is 1. The number of nitro groups is 1. The van der Waals surface area contributed by atoms with E-state index < -0.39 is 15.7 Å². The number of anilines is 1. The summed E-state index contributed by atoms with van der Waals surface area (Å²) in [5, 5.41) is 13.8. The lowest BCUT2D eigenvalue weighted by Gasteiger charge is -2.26. The van der Waals surface area contributed by atoms with Crippen LogP contribution in [0.5, 0.6) is 5.75 Å². The molecule has 1 unspecified atom stereocenters. The van der Waals surface area contributed by atoms with Gasteiger partial charge in [0.05, 0.1) is 16.8 Å². The average Bonchev–Trinajstić information content (AvgIpc) is 3.06. The van der Waals surface area contributed by atoms with Crippen LogP contribution in [0.4, 0.5) is 16.2 Å². The third kappa shape index (κ3) is 3.00. The van der Waals surface area contributed by atoms with E-state index in [4.69, 9.17) is 4.74 Å². The molecule has 2 fully saturated rings. The van der Waals surface area contributed by atoms with E-state index in [2.05, 4.69) is 5.32 Å². The number of rotatable bonds is 4. The van der Waals surface area contributed by atoms with Gasteiger partial charge in [-0.3, -0.25) is 14.3 Å². The average molecular weight is 339 g/mol. The first-order valence-corrected chi connectivity index (χ1v) is 8.73. The summed E-state index contributed by atoms with van der Waals surface area (Å²) in [5.41, 5.74) is 0.299. The maximum Gasteiger partial charge on any atom is 0.322 e. The number of nitrogens with zero attached hydrogens (tertiary/aromatic N) is 2. The Morgan fingerprint density at radius 3 is 2.91 bits per heavy atom. The van der Waals surface area contributed by atoms with Crippen LogP contribution >= 0.6 is 0 Å². The predicted molar refractivity (Wildman–Crippen MR) is 85.2 cm³/mol. The van der Waals surface area contributed by atoms with E-state index in [1.165, 1.54) is 18.2 Å². The summed E-state index contributed by atoms with van der Waals surface area (Å²) in [7, 11) is -0.826. The van der Waals surface area contributed by atoms with Crippen molar-refractivity contribution in [2.45, 2.75) is 24.6 Å². The van der Waals surface area contributed by atoms with Gasteiger partial charge in [-0.15, -0.1) is 0 Å². The van der Waals surface area contributed by atoms with Gasteiger partial charge in [-0.1, -0.05) is 0 Å². The third-order valence-electron chi connectivity index (χ3n) is 4.07. The Morgan fingerprint density at radius 2 is 2.35 bits per heavy atom. The summed E-state index contributed by atoms with van der Waals surface area (Å²) in [4.78, 5) is 24.5. The fourth-order valence-electron chi connectivity index (χ4n) is 3.01. The minimum atomic E-state index is -0.826. The van der Waals surface area contributed by atoms with Crippen LogP contribution < -0.4 is 10.1 Å². The van der Waals surface area contributed by atoms with Crippen molar-refractivity contribution in [3.8, 4) is 5.75 Å². The summed E-state index contributed by atoms with van der Waals surface area (Å²) in [6.07, 6.45) is 0.782. The second-order valence-electron chi connectivity index (χ2n) is 5.51. The molecule has 3 rings (SSSR count). The smallest absolute Gasteiger partial charge is 0.322 e.